The van der Waals surface area contributed by atoms with Gasteiger partial charge in [0.1, 0.15) is 6.61 Å². The van der Waals surface area contributed by atoms with Crippen LogP contribution in [-0.4, -0.2) is 17.7 Å². The van der Waals surface area contributed by atoms with Gasteiger partial charge in [-0.1, -0.05) is 58.5 Å². The second-order valence-corrected chi connectivity index (χ2v) is 10.9. The van der Waals surface area contributed by atoms with Gasteiger partial charge in [-0.25, -0.2) is 4.99 Å². The molecule has 0 atom stereocenters. The number of halogens is 5. The van der Waals surface area contributed by atoms with Crippen LogP contribution < -0.4 is 14.8 Å². The third-order valence-electron chi connectivity index (χ3n) is 4.82. The number of aliphatic imine (C=N–C) groups is 1. The molecule has 0 aliphatic carbocycles. The summed E-state index contributed by atoms with van der Waals surface area (Å²) < 4.78 is 12.5. The van der Waals surface area contributed by atoms with E-state index in [9.17, 15) is 4.79 Å². The number of hydrogen-bond donors (Lipinski definition) is 1. The van der Waals surface area contributed by atoms with Crippen molar-refractivity contribution in [2.45, 2.75) is 13.5 Å². The number of amidine groups is 1. The van der Waals surface area contributed by atoms with E-state index in [1.165, 1.54) is 11.8 Å². The van der Waals surface area contributed by atoms with Gasteiger partial charge in [0.25, 0.3) is 5.91 Å². The molecule has 186 valence electrons. The zero-order valence-electron chi connectivity index (χ0n) is 18.6. The van der Waals surface area contributed by atoms with Crippen LogP contribution in [0.15, 0.2) is 62.9 Å². The summed E-state index contributed by atoms with van der Waals surface area (Å²) in [5.74, 6) is 0.766. The van der Waals surface area contributed by atoms with Gasteiger partial charge in [-0.05, 0) is 82.7 Å². The monoisotopic (exact) mass is 644 g/mol. The summed E-state index contributed by atoms with van der Waals surface area (Å²) >= 11 is 29.3. The minimum atomic E-state index is -0.274. The molecule has 1 amide bonds. The van der Waals surface area contributed by atoms with Crippen LogP contribution in [0.5, 0.6) is 11.5 Å². The molecule has 0 saturated carbocycles. The SMILES string of the molecule is CCOc1cc(/C=C2/SC(=Nc3cccc(Cl)c3Cl)NC2=O)cc(Br)c1OCc1ccc(Cl)cc1Cl. The number of nitrogens with zero attached hydrogens (tertiary/aromatic N) is 1. The number of hydrogen-bond acceptors (Lipinski definition) is 5. The van der Waals surface area contributed by atoms with Crippen LogP contribution >= 0.6 is 74.1 Å². The molecule has 0 spiro atoms. The summed E-state index contributed by atoms with van der Waals surface area (Å²) in [6, 6.07) is 14.0. The third kappa shape index (κ3) is 6.52. The molecule has 0 bridgehead atoms. The summed E-state index contributed by atoms with van der Waals surface area (Å²) in [5, 5.41) is 4.92. The van der Waals surface area contributed by atoms with Crippen molar-refractivity contribution in [3.63, 3.8) is 0 Å². The molecule has 1 heterocycles. The second kappa shape index (κ2) is 12.1. The number of ether oxygens (including phenoxy) is 2. The van der Waals surface area contributed by atoms with Crippen LogP contribution in [-0.2, 0) is 11.4 Å². The minimum absolute atomic E-state index is 0.221. The minimum Gasteiger partial charge on any atom is -0.490 e. The molecule has 1 fully saturated rings. The highest BCUT2D eigenvalue weighted by Gasteiger charge is 2.25. The average Bonchev–Trinajstić information content (AvgIpc) is 3.16. The number of thioether (sulfide) groups is 1. The van der Waals surface area contributed by atoms with E-state index in [1.807, 2.05) is 19.1 Å². The molecule has 0 radical (unpaired) electrons. The first-order valence-corrected chi connectivity index (χ1v) is 13.6. The van der Waals surface area contributed by atoms with Crippen molar-refractivity contribution in [1.82, 2.24) is 5.32 Å². The fourth-order valence-corrected chi connectivity index (χ4v) is 5.39. The van der Waals surface area contributed by atoms with E-state index in [0.717, 1.165) is 11.1 Å². The molecule has 11 heteroatoms. The summed E-state index contributed by atoms with van der Waals surface area (Å²) in [7, 11) is 0. The van der Waals surface area contributed by atoms with Gasteiger partial charge >= 0.3 is 0 Å². The average molecular weight is 647 g/mol. The Kier molecular flexibility index (Phi) is 9.15. The van der Waals surface area contributed by atoms with Crippen molar-refractivity contribution in [2.75, 3.05) is 6.61 Å². The Hall–Kier alpha value is -1.87. The molecular weight excluding hydrogens is 630 g/mol. The van der Waals surface area contributed by atoms with Crippen LogP contribution in [0.4, 0.5) is 5.69 Å². The molecule has 5 nitrogen and oxygen atoms in total. The van der Waals surface area contributed by atoms with E-state index in [1.54, 1.807) is 42.5 Å². The van der Waals surface area contributed by atoms with Crippen molar-refractivity contribution in [1.29, 1.82) is 0 Å². The number of nitrogens with one attached hydrogen (secondary N) is 1. The van der Waals surface area contributed by atoms with Crippen molar-refractivity contribution >= 4 is 96.9 Å². The first-order chi connectivity index (χ1) is 17.2. The van der Waals surface area contributed by atoms with Crippen LogP contribution in [0, 0.1) is 0 Å². The Morgan fingerprint density at radius 3 is 2.61 bits per heavy atom. The Morgan fingerprint density at radius 1 is 1.06 bits per heavy atom. The van der Waals surface area contributed by atoms with Crippen molar-refractivity contribution in [3.8, 4) is 11.5 Å². The van der Waals surface area contributed by atoms with E-state index in [4.69, 9.17) is 55.9 Å². The Balaban J connectivity index is 1.58. The quantitative estimate of drug-likeness (QED) is 0.260. The lowest BCUT2D eigenvalue weighted by molar-refractivity contribution is -0.115. The van der Waals surface area contributed by atoms with Crippen molar-refractivity contribution in [2.24, 2.45) is 4.99 Å². The van der Waals surface area contributed by atoms with Gasteiger partial charge in [-0.2, -0.15) is 0 Å². The van der Waals surface area contributed by atoms with E-state index in [0.29, 0.717) is 58.4 Å². The first kappa shape index (κ1) is 27.2. The van der Waals surface area contributed by atoms with Gasteiger partial charge in [-0.3, -0.25) is 4.79 Å². The molecule has 1 N–H and O–H groups in total. The maximum atomic E-state index is 12.6. The molecule has 1 aliphatic heterocycles. The smallest absolute Gasteiger partial charge is 0.264 e. The topological polar surface area (TPSA) is 59.9 Å². The lowest BCUT2D eigenvalue weighted by atomic mass is 10.1. The fraction of sp³-hybridized carbons (Fsp3) is 0.120. The third-order valence-corrected chi connectivity index (χ3v) is 7.72. The zero-order chi connectivity index (χ0) is 25.8. The number of amides is 1. The summed E-state index contributed by atoms with van der Waals surface area (Å²) in [6.45, 7) is 2.53. The van der Waals surface area contributed by atoms with Gasteiger partial charge in [0.05, 0.1) is 31.7 Å². The van der Waals surface area contributed by atoms with E-state index >= 15 is 0 Å². The number of carbonyl (C=O) groups is 1. The Labute approximate surface area is 240 Å². The second-order valence-electron chi connectivity index (χ2n) is 7.34. The molecule has 36 heavy (non-hydrogen) atoms. The molecule has 0 unspecified atom stereocenters. The summed E-state index contributed by atoms with van der Waals surface area (Å²) in [4.78, 5) is 17.5. The fourth-order valence-electron chi connectivity index (χ4n) is 3.18. The first-order valence-electron chi connectivity index (χ1n) is 10.5. The lowest BCUT2D eigenvalue weighted by Crippen LogP contribution is -2.19. The number of benzene rings is 3. The maximum Gasteiger partial charge on any atom is 0.264 e. The molecule has 1 saturated heterocycles. The van der Waals surface area contributed by atoms with Gasteiger partial charge in [0.15, 0.2) is 16.7 Å². The highest BCUT2D eigenvalue weighted by Crippen LogP contribution is 2.40. The summed E-state index contributed by atoms with van der Waals surface area (Å²) in [5.41, 5.74) is 1.99. The largest absolute Gasteiger partial charge is 0.490 e. The zero-order valence-corrected chi connectivity index (χ0v) is 24.0. The molecule has 3 aromatic rings. The lowest BCUT2D eigenvalue weighted by Gasteiger charge is -2.15. The maximum absolute atomic E-state index is 12.6. The predicted octanol–water partition coefficient (Wildman–Crippen LogP) is 8.93. The molecular formula is C25H17BrCl4N2O3S. The Bertz CT molecular complexity index is 1400. The molecule has 4 rings (SSSR count). The van der Waals surface area contributed by atoms with Crippen LogP contribution in [0.3, 0.4) is 0 Å². The predicted molar refractivity (Wildman–Crippen MR) is 153 cm³/mol. The van der Waals surface area contributed by atoms with Crippen molar-refractivity contribution < 1.29 is 14.3 Å². The van der Waals surface area contributed by atoms with E-state index in [2.05, 4.69) is 26.2 Å². The molecule has 3 aromatic carbocycles. The molecule has 0 aromatic heterocycles. The Morgan fingerprint density at radius 2 is 1.86 bits per heavy atom. The molecule has 1 aliphatic rings. The van der Waals surface area contributed by atoms with E-state index < -0.39 is 0 Å². The standard InChI is InChI=1S/C25H17BrCl4N2O3S/c1-2-34-20-9-13(8-16(26)23(20)35-12-14-6-7-15(27)11-18(14)29)10-21-24(33)32-25(36-21)31-19-5-3-4-17(28)22(19)30/h3-11H,2,12H2,1H3,(H,31,32,33)/b21-10+. The van der Waals surface area contributed by atoms with Gasteiger partial charge < -0.3 is 14.8 Å². The highest BCUT2D eigenvalue weighted by atomic mass is 79.9. The van der Waals surface area contributed by atoms with Crippen LogP contribution in [0.2, 0.25) is 20.1 Å². The van der Waals surface area contributed by atoms with Crippen molar-refractivity contribution in [3.05, 3.63) is 89.1 Å². The van der Waals surface area contributed by atoms with E-state index in [-0.39, 0.29) is 12.5 Å². The van der Waals surface area contributed by atoms with Crippen LogP contribution in [0.25, 0.3) is 6.08 Å². The normalized spacial score (nSPS) is 15.4. The summed E-state index contributed by atoms with van der Waals surface area (Å²) in [6.07, 6.45) is 1.75. The van der Waals surface area contributed by atoms with Gasteiger partial charge in [0, 0.05) is 15.6 Å². The van der Waals surface area contributed by atoms with Gasteiger partial charge in [-0.15, -0.1) is 0 Å². The van der Waals surface area contributed by atoms with Gasteiger partial charge in [0.2, 0.25) is 0 Å². The number of rotatable bonds is 7. The number of carbonyl (C=O) groups excluding carboxylic acids is 1. The van der Waals surface area contributed by atoms with Crippen LogP contribution in [0.1, 0.15) is 18.1 Å². The highest BCUT2D eigenvalue weighted by molar-refractivity contribution is 9.10.